The smallest absolute Gasteiger partial charge is 0.226 e. The molecular weight excluding hydrogens is 252 g/mol. The molecule has 1 aromatic heterocycles. The molecule has 0 spiro atoms. The van der Waals surface area contributed by atoms with Crippen molar-refractivity contribution >= 4 is 9.84 Å². The lowest BCUT2D eigenvalue weighted by Crippen LogP contribution is -2.26. The minimum Gasteiger partial charge on any atom is -0.339 e. The van der Waals surface area contributed by atoms with E-state index < -0.39 is 9.84 Å². The second kappa shape index (κ2) is 4.64. The molecule has 100 valence electrons. The minimum atomic E-state index is -2.84. The molecule has 1 atom stereocenters. The van der Waals surface area contributed by atoms with E-state index in [-0.39, 0.29) is 11.7 Å². The van der Waals surface area contributed by atoms with E-state index in [0.717, 1.165) is 31.0 Å². The standard InChI is InChI=1S/C12H18N2O3S/c15-18(16)5-1-2-10(8-18)7-12-13-11(14-17-12)6-9-3-4-9/h9-10H,1-8H2. The van der Waals surface area contributed by atoms with Gasteiger partial charge >= 0.3 is 0 Å². The van der Waals surface area contributed by atoms with Crippen LogP contribution < -0.4 is 0 Å². The van der Waals surface area contributed by atoms with Gasteiger partial charge in [0.1, 0.15) is 0 Å². The van der Waals surface area contributed by atoms with E-state index >= 15 is 0 Å². The average Bonchev–Trinajstić information content (AvgIpc) is 2.98. The van der Waals surface area contributed by atoms with Gasteiger partial charge < -0.3 is 4.52 Å². The van der Waals surface area contributed by atoms with Gasteiger partial charge in [0.05, 0.1) is 11.5 Å². The summed E-state index contributed by atoms with van der Waals surface area (Å²) in [7, 11) is -2.84. The van der Waals surface area contributed by atoms with Crippen LogP contribution in [0.3, 0.4) is 0 Å². The van der Waals surface area contributed by atoms with Crippen molar-refractivity contribution in [2.75, 3.05) is 11.5 Å². The molecule has 0 radical (unpaired) electrons. The predicted molar refractivity (Wildman–Crippen MR) is 65.8 cm³/mol. The molecule has 0 bridgehead atoms. The van der Waals surface area contributed by atoms with E-state index in [1.54, 1.807) is 0 Å². The van der Waals surface area contributed by atoms with E-state index in [1.807, 2.05) is 0 Å². The van der Waals surface area contributed by atoms with Crippen LogP contribution in [0.2, 0.25) is 0 Å². The zero-order chi connectivity index (χ0) is 12.6. The summed E-state index contributed by atoms with van der Waals surface area (Å²) in [6.07, 6.45) is 5.76. The van der Waals surface area contributed by atoms with E-state index in [2.05, 4.69) is 10.1 Å². The van der Waals surface area contributed by atoms with Crippen molar-refractivity contribution in [3.8, 4) is 0 Å². The molecule has 6 heteroatoms. The highest BCUT2D eigenvalue weighted by Crippen LogP contribution is 2.31. The lowest BCUT2D eigenvalue weighted by Gasteiger charge is -2.19. The summed E-state index contributed by atoms with van der Waals surface area (Å²) in [6, 6.07) is 0. The largest absolute Gasteiger partial charge is 0.339 e. The minimum absolute atomic E-state index is 0.151. The Balaban J connectivity index is 1.59. The third-order valence-corrected chi connectivity index (χ3v) is 5.59. The molecule has 1 saturated heterocycles. The maximum atomic E-state index is 11.5. The highest BCUT2D eigenvalue weighted by Gasteiger charge is 2.27. The molecule has 2 heterocycles. The van der Waals surface area contributed by atoms with Crippen molar-refractivity contribution in [3.63, 3.8) is 0 Å². The van der Waals surface area contributed by atoms with Crippen molar-refractivity contribution in [2.45, 2.75) is 38.5 Å². The fourth-order valence-corrected chi connectivity index (χ4v) is 4.34. The first-order chi connectivity index (χ1) is 8.61. The molecule has 0 amide bonds. The first kappa shape index (κ1) is 12.1. The van der Waals surface area contributed by atoms with Crippen LogP contribution in [0.15, 0.2) is 4.52 Å². The molecule has 5 nitrogen and oxygen atoms in total. The predicted octanol–water partition coefficient (Wildman–Crippen LogP) is 1.39. The van der Waals surface area contributed by atoms with Crippen LogP contribution >= 0.6 is 0 Å². The second-order valence-corrected chi connectivity index (χ2v) is 7.81. The van der Waals surface area contributed by atoms with Gasteiger partial charge in [0.2, 0.25) is 5.89 Å². The van der Waals surface area contributed by atoms with Gasteiger partial charge in [-0.05, 0) is 37.5 Å². The molecular formula is C12H18N2O3S. The second-order valence-electron chi connectivity index (χ2n) is 5.58. The fourth-order valence-electron chi connectivity index (χ4n) is 2.56. The SMILES string of the molecule is O=S1(=O)CCCC(Cc2nc(CC3CC3)no2)C1. The normalized spacial score (nSPS) is 27.2. The molecule has 2 fully saturated rings. The van der Waals surface area contributed by atoms with Crippen molar-refractivity contribution in [2.24, 2.45) is 11.8 Å². The number of nitrogens with zero attached hydrogens (tertiary/aromatic N) is 2. The number of rotatable bonds is 4. The number of sulfone groups is 1. The topological polar surface area (TPSA) is 73.1 Å². The Kier molecular flexibility index (Phi) is 3.13. The quantitative estimate of drug-likeness (QED) is 0.826. The Hall–Kier alpha value is -0.910. The lowest BCUT2D eigenvalue weighted by atomic mass is 10.0. The Morgan fingerprint density at radius 1 is 1.17 bits per heavy atom. The molecule has 0 N–H and O–H groups in total. The van der Waals surface area contributed by atoms with Gasteiger partial charge in [-0.25, -0.2) is 8.42 Å². The summed E-state index contributed by atoms with van der Waals surface area (Å²) >= 11 is 0. The molecule has 1 aliphatic heterocycles. The monoisotopic (exact) mass is 270 g/mol. The van der Waals surface area contributed by atoms with E-state index in [4.69, 9.17) is 4.52 Å². The van der Waals surface area contributed by atoms with Gasteiger partial charge in [-0.3, -0.25) is 0 Å². The molecule has 0 aromatic carbocycles. The van der Waals surface area contributed by atoms with Crippen molar-refractivity contribution in [1.82, 2.24) is 10.1 Å². The van der Waals surface area contributed by atoms with Crippen molar-refractivity contribution in [3.05, 3.63) is 11.7 Å². The Bertz CT molecular complexity index is 519. The Morgan fingerprint density at radius 2 is 2.00 bits per heavy atom. The average molecular weight is 270 g/mol. The Labute approximate surface area is 107 Å². The van der Waals surface area contributed by atoms with Crippen LogP contribution in [-0.4, -0.2) is 30.1 Å². The maximum Gasteiger partial charge on any atom is 0.226 e. The number of hydrogen-bond donors (Lipinski definition) is 0. The molecule has 1 unspecified atom stereocenters. The van der Waals surface area contributed by atoms with Gasteiger partial charge in [0.25, 0.3) is 0 Å². The zero-order valence-electron chi connectivity index (χ0n) is 10.3. The van der Waals surface area contributed by atoms with E-state index in [1.165, 1.54) is 12.8 Å². The first-order valence-corrected chi connectivity index (χ1v) is 8.45. The lowest BCUT2D eigenvalue weighted by molar-refractivity contribution is 0.346. The molecule has 1 aromatic rings. The van der Waals surface area contributed by atoms with Gasteiger partial charge in [-0.2, -0.15) is 4.98 Å². The van der Waals surface area contributed by atoms with E-state index in [0.29, 0.717) is 18.1 Å². The highest BCUT2D eigenvalue weighted by molar-refractivity contribution is 7.91. The van der Waals surface area contributed by atoms with Crippen molar-refractivity contribution in [1.29, 1.82) is 0 Å². The summed E-state index contributed by atoms with van der Waals surface area (Å²) < 4.78 is 28.3. The summed E-state index contributed by atoms with van der Waals surface area (Å²) in [4.78, 5) is 4.36. The van der Waals surface area contributed by atoms with Crippen LogP contribution in [0.5, 0.6) is 0 Å². The molecule has 1 saturated carbocycles. The third kappa shape index (κ3) is 3.10. The van der Waals surface area contributed by atoms with Gasteiger partial charge in [0.15, 0.2) is 15.7 Å². The summed E-state index contributed by atoms with van der Waals surface area (Å²) in [6.45, 7) is 0. The van der Waals surface area contributed by atoms with Gasteiger partial charge in [0, 0.05) is 12.8 Å². The number of hydrogen-bond acceptors (Lipinski definition) is 5. The van der Waals surface area contributed by atoms with Gasteiger partial charge in [-0.1, -0.05) is 5.16 Å². The molecule has 2 aliphatic rings. The zero-order valence-corrected chi connectivity index (χ0v) is 11.2. The molecule has 3 rings (SSSR count). The van der Waals surface area contributed by atoms with Crippen LogP contribution in [0.1, 0.15) is 37.4 Å². The third-order valence-electron chi connectivity index (χ3n) is 3.70. The summed E-state index contributed by atoms with van der Waals surface area (Å²) in [5, 5.41) is 3.96. The van der Waals surface area contributed by atoms with Crippen LogP contribution in [-0.2, 0) is 22.7 Å². The molecule has 1 aliphatic carbocycles. The molecule has 18 heavy (non-hydrogen) atoms. The van der Waals surface area contributed by atoms with E-state index in [9.17, 15) is 8.42 Å². The van der Waals surface area contributed by atoms with Crippen LogP contribution in [0.4, 0.5) is 0 Å². The van der Waals surface area contributed by atoms with Crippen LogP contribution in [0, 0.1) is 11.8 Å². The summed E-state index contributed by atoms with van der Waals surface area (Å²) in [5.74, 6) is 2.88. The fraction of sp³-hybridized carbons (Fsp3) is 0.833. The Morgan fingerprint density at radius 3 is 2.72 bits per heavy atom. The van der Waals surface area contributed by atoms with Crippen LogP contribution in [0.25, 0.3) is 0 Å². The maximum absolute atomic E-state index is 11.5. The number of aromatic nitrogens is 2. The first-order valence-electron chi connectivity index (χ1n) is 6.62. The van der Waals surface area contributed by atoms with Gasteiger partial charge in [-0.15, -0.1) is 0 Å². The highest BCUT2D eigenvalue weighted by atomic mass is 32.2. The van der Waals surface area contributed by atoms with Crippen molar-refractivity contribution < 1.29 is 12.9 Å². The summed E-state index contributed by atoms with van der Waals surface area (Å²) in [5.41, 5.74) is 0.